The fraction of sp³-hybridized carbons (Fsp3) is 0.632. The number of piperidine rings is 1. The van der Waals surface area contributed by atoms with Crippen molar-refractivity contribution in [1.82, 2.24) is 9.88 Å². The van der Waals surface area contributed by atoms with Gasteiger partial charge in [-0.2, -0.15) is 0 Å². The van der Waals surface area contributed by atoms with Gasteiger partial charge in [0.1, 0.15) is 0 Å². The summed E-state index contributed by atoms with van der Waals surface area (Å²) in [5.74, 6) is -0.943. The normalized spacial score (nSPS) is 19.0. The predicted molar refractivity (Wildman–Crippen MR) is 96.3 cm³/mol. The summed E-state index contributed by atoms with van der Waals surface area (Å²) in [4.78, 5) is 42.0. The van der Waals surface area contributed by atoms with Crippen LogP contribution in [0.15, 0.2) is 0 Å². The molecule has 0 bridgehead atoms. The third-order valence-corrected chi connectivity index (χ3v) is 5.07. The first-order valence-corrected chi connectivity index (χ1v) is 9.04. The van der Waals surface area contributed by atoms with Crippen LogP contribution in [0.25, 0.3) is 0 Å². The number of carbonyl (C=O) groups excluding carboxylic acids is 3. The maximum absolute atomic E-state index is 13.0. The lowest BCUT2D eigenvalue weighted by Gasteiger charge is -2.35. The van der Waals surface area contributed by atoms with Crippen molar-refractivity contribution in [1.29, 1.82) is 0 Å². The van der Waals surface area contributed by atoms with Gasteiger partial charge in [-0.15, -0.1) is 0 Å². The first-order chi connectivity index (χ1) is 12.3. The molecule has 0 unspecified atom stereocenters. The van der Waals surface area contributed by atoms with Gasteiger partial charge in [0, 0.05) is 12.2 Å². The van der Waals surface area contributed by atoms with Gasteiger partial charge >= 0.3 is 11.9 Å². The van der Waals surface area contributed by atoms with Crippen LogP contribution < -0.4 is 0 Å². The molecule has 0 saturated carbocycles. The molecule has 7 heteroatoms. The van der Waals surface area contributed by atoms with Crippen LogP contribution in [-0.2, 0) is 14.3 Å². The molecule has 144 valence electrons. The Morgan fingerprint density at radius 1 is 1.31 bits per heavy atom. The van der Waals surface area contributed by atoms with Crippen LogP contribution in [0.4, 0.5) is 0 Å². The SMILES string of the molecule is CCOC(=O)[C@@H]1CCCN([C@@H](C)C(=O)c2[nH]c(C)c(C(=O)OC)c2C)C1. The molecule has 1 aromatic heterocycles. The smallest absolute Gasteiger partial charge is 0.339 e. The molecule has 0 aromatic carbocycles. The molecule has 1 saturated heterocycles. The summed E-state index contributed by atoms with van der Waals surface area (Å²) in [5, 5.41) is 0. The van der Waals surface area contributed by atoms with Gasteiger partial charge in [0.15, 0.2) is 5.78 Å². The Morgan fingerprint density at radius 2 is 2.00 bits per heavy atom. The number of aromatic nitrogens is 1. The Bertz CT molecular complexity index is 694. The van der Waals surface area contributed by atoms with E-state index >= 15 is 0 Å². The van der Waals surface area contributed by atoms with E-state index in [0.29, 0.717) is 35.7 Å². The van der Waals surface area contributed by atoms with Crippen LogP contribution >= 0.6 is 0 Å². The zero-order valence-electron chi connectivity index (χ0n) is 16.2. The highest BCUT2D eigenvalue weighted by molar-refractivity contribution is 6.03. The van der Waals surface area contributed by atoms with Gasteiger partial charge in [-0.25, -0.2) is 4.79 Å². The molecule has 2 atom stereocenters. The van der Waals surface area contributed by atoms with E-state index in [1.54, 1.807) is 20.8 Å². The fourth-order valence-corrected chi connectivity index (χ4v) is 3.59. The molecular formula is C19H28N2O5. The highest BCUT2D eigenvalue weighted by Crippen LogP contribution is 2.24. The monoisotopic (exact) mass is 364 g/mol. The highest BCUT2D eigenvalue weighted by atomic mass is 16.5. The summed E-state index contributed by atoms with van der Waals surface area (Å²) in [6.45, 7) is 8.75. The van der Waals surface area contributed by atoms with Gasteiger partial charge in [-0.05, 0) is 52.6 Å². The summed E-state index contributed by atoms with van der Waals surface area (Å²) >= 11 is 0. The highest BCUT2D eigenvalue weighted by Gasteiger charge is 2.33. The standard InChI is InChI=1S/C19H28N2O5/c1-6-26-18(23)14-8-7-9-21(10-14)13(4)17(22)16-11(2)15(12(3)20-16)19(24)25-5/h13-14,20H,6-10H2,1-5H3/t13-,14+/m0/s1. The van der Waals surface area contributed by atoms with Crippen LogP contribution in [0.5, 0.6) is 0 Å². The Balaban J connectivity index is 2.17. The molecule has 1 N–H and O–H groups in total. The van der Waals surface area contributed by atoms with Crippen LogP contribution in [0.2, 0.25) is 0 Å². The number of esters is 2. The molecule has 0 spiro atoms. The third kappa shape index (κ3) is 3.98. The summed E-state index contributed by atoms with van der Waals surface area (Å²) < 4.78 is 9.92. The molecule has 0 amide bonds. The summed E-state index contributed by atoms with van der Waals surface area (Å²) in [6, 6.07) is -0.394. The number of Topliss-reactive ketones (excluding diaryl/α,β-unsaturated/α-hetero) is 1. The number of nitrogens with one attached hydrogen (secondary N) is 1. The van der Waals surface area contributed by atoms with Crippen molar-refractivity contribution in [3.8, 4) is 0 Å². The van der Waals surface area contributed by atoms with E-state index < -0.39 is 12.0 Å². The number of carbonyl (C=O) groups is 3. The lowest BCUT2D eigenvalue weighted by atomic mass is 9.95. The van der Waals surface area contributed by atoms with E-state index in [-0.39, 0.29) is 17.7 Å². The fourth-order valence-electron chi connectivity index (χ4n) is 3.59. The van der Waals surface area contributed by atoms with Crippen LogP contribution in [-0.4, -0.2) is 60.5 Å². The summed E-state index contributed by atoms with van der Waals surface area (Å²) in [5.41, 5.74) is 2.05. The van der Waals surface area contributed by atoms with Crippen molar-refractivity contribution < 1.29 is 23.9 Å². The van der Waals surface area contributed by atoms with Crippen LogP contribution in [0, 0.1) is 19.8 Å². The average molecular weight is 364 g/mol. The predicted octanol–water partition coefficient (Wildman–Crippen LogP) is 2.26. The van der Waals surface area contributed by atoms with E-state index in [1.165, 1.54) is 7.11 Å². The molecule has 1 aliphatic rings. The Labute approximate surface area is 154 Å². The van der Waals surface area contributed by atoms with E-state index in [0.717, 1.165) is 19.4 Å². The van der Waals surface area contributed by atoms with E-state index in [1.807, 2.05) is 11.8 Å². The lowest BCUT2D eigenvalue weighted by Crippen LogP contribution is -2.47. The Morgan fingerprint density at radius 3 is 2.62 bits per heavy atom. The number of likely N-dealkylation sites (tertiary alicyclic amines) is 1. The zero-order valence-corrected chi connectivity index (χ0v) is 16.2. The minimum Gasteiger partial charge on any atom is -0.466 e. The summed E-state index contributed by atoms with van der Waals surface area (Å²) in [7, 11) is 1.32. The van der Waals surface area contributed by atoms with Crippen molar-refractivity contribution in [3.05, 3.63) is 22.5 Å². The minimum atomic E-state index is -0.455. The second-order valence-electron chi connectivity index (χ2n) is 6.74. The number of hydrogen-bond donors (Lipinski definition) is 1. The molecule has 1 fully saturated rings. The molecule has 7 nitrogen and oxygen atoms in total. The number of rotatable bonds is 6. The number of H-pyrrole nitrogens is 1. The molecule has 1 aromatic rings. The number of hydrogen-bond acceptors (Lipinski definition) is 6. The molecule has 0 radical (unpaired) electrons. The zero-order chi connectivity index (χ0) is 19.4. The first-order valence-electron chi connectivity index (χ1n) is 9.04. The van der Waals surface area contributed by atoms with Gasteiger partial charge < -0.3 is 14.5 Å². The van der Waals surface area contributed by atoms with Gasteiger partial charge in [0.2, 0.25) is 0 Å². The van der Waals surface area contributed by atoms with E-state index in [4.69, 9.17) is 9.47 Å². The lowest BCUT2D eigenvalue weighted by molar-refractivity contribution is -0.150. The molecular weight excluding hydrogens is 336 g/mol. The number of aryl methyl sites for hydroxylation is 1. The number of nitrogens with zero attached hydrogens (tertiary/aromatic N) is 1. The average Bonchev–Trinajstić information content (AvgIpc) is 2.94. The van der Waals surface area contributed by atoms with E-state index in [2.05, 4.69) is 4.98 Å². The molecule has 2 rings (SSSR count). The number of ether oxygens (including phenoxy) is 2. The molecule has 0 aliphatic carbocycles. The van der Waals surface area contributed by atoms with Crippen molar-refractivity contribution in [2.75, 3.05) is 26.8 Å². The Hall–Kier alpha value is -2.15. The third-order valence-electron chi connectivity index (χ3n) is 5.07. The van der Waals surface area contributed by atoms with E-state index in [9.17, 15) is 14.4 Å². The second-order valence-corrected chi connectivity index (χ2v) is 6.74. The van der Waals surface area contributed by atoms with Crippen molar-refractivity contribution in [3.63, 3.8) is 0 Å². The largest absolute Gasteiger partial charge is 0.466 e. The van der Waals surface area contributed by atoms with Gasteiger partial charge in [-0.1, -0.05) is 0 Å². The maximum atomic E-state index is 13.0. The van der Waals surface area contributed by atoms with Gasteiger partial charge in [0.05, 0.1) is 36.9 Å². The number of aromatic amines is 1. The Kier molecular flexibility index (Phi) is 6.58. The second kappa shape index (κ2) is 8.49. The maximum Gasteiger partial charge on any atom is 0.339 e. The van der Waals surface area contributed by atoms with Crippen LogP contribution in [0.1, 0.15) is 58.8 Å². The minimum absolute atomic E-state index is 0.0924. The van der Waals surface area contributed by atoms with Crippen molar-refractivity contribution in [2.24, 2.45) is 5.92 Å². The summed E-state index contributed by atoms with van der Waals surface area (Å²) in [6.07, 6.45) is 1.63. The number of methoxy groups -OCH3 is 1. The number of ketones is 1. The van der Waals surface area contributed by atoms with Crippen molar-refractivity contribution in [2.45, 2.75) is 46.6 Å². The van der Waals surface area contributed by atoms with Crippen molar-refractivity contribution >= 4 is 17.7 Å². The topological polar surface area (TPSA) is 88.7 Å². The van der Waals surface area contributed by atoms with Gasteiger partial charge in [-0.3, -0.25) is 14.5 Å². The quantitative estimate of drug-likeness (QED) is 0.615. The molecule has 1 aliphatic heterocycles. The molecule has 26 heavy (non-hydrogen) atoms. The molecule has 2 heterocycles. The van der Waals surface area contributed by atoms with Gasteiger partial charge in [0.25, 0.3) is 0 Å². The van der Waals surface area contributed by atoms with Crippen LogP contribution in [0.3, 0.4) is 0 Å². The first kappa shape index (κ1) is 20.2.